The molecule has 2 aromatic rings. The van der Waals surface area contributed by atoms with Crippen LogP contribution in [0.2, 0.25) is 0 Å². The maximum atomic E-state index is 13.0. The molecule has 242 valence electrons. The molecule has 45 heavy (non-hydrogen) atoms. The minimum absolute atomic E-state index is 0.116. The van der Waals surface area contributed by atoms with Crippen LogP contribution in [0.15, 0.2) is 66.1 Å². The Hall–Kier alpha value is -4.37. The molecule has 9 heteroatoms. The molecular formula is C36H50N6O3. The van der Waals surface area contributed by atoms with Crippen LogP contribution in [-0.2, 0) is 9.59 Å². The number of nitrogens with one attached hydrogen (secondary N) is 2. The Morgan fingerprint density at radius 2 is 1.93 bits per heavy atom. The Kier molecular flexibility index (Phi) is 14.1. The summed E-state index contributed by atoms with van der Waals surface area (Å²) in [6.07, 6.45) is 10.0. The van der Waals surface area contributed by atoms with E-state index in [-0.39, 0.29) is 22.8 Å². The Morgan fingerprint density at radius 3 is 2.44 bits per heavy atom. The number of nitrogens with zero attached hydrogens (tertiary/aromatic N) is 3. The van der Waals surface area contributed by atoms with Gasteiger partial charge in [-0.1, -0.05) is 45.5 Å². The molecule has 1 amide bonds. The van der Waals surface area contributed by atoms with Gasteiger partial charge >= 0.3 is 0 Å². The molecule has 1 fully saturated rings. The summed E-state index contributed by atoms with van der Waals surface area (Å²) < 4.78 is 0. The number of rotatable bonds is 12. The molecule has 0 unspecified atom stereocenters. The molecule has 2 heterocycles. The zero-order chi connectivity index (χ0) is 33.7. The van der Waals surface area contributed by atoms with Crippen LogP contribution < -0.4 is 16.4 Å². The molecule has 9 nitrogen and oxygen atoms in total. The predicted molar refractivity (Wildman–Crippen MR) is 187 cm³/mol. The van der Waals surface area contributed by atoms with Crippen molar-refractivity contribution in [3.8, 4) is 0 Å². The van der Waals surface area contributed by atoms with E-state index in [0.29, 0.717) is 30.1 Å². The number of hydrogen-bond acceptors (Lipinski definition) is 8. The first-order valence-electron chi connectivity index (χ1n) is 15.4. The second-order valence-electron chi connectivity index (χ2n) is 11.9. The number of anilines is 2. The number of carbonyl (C=O) groups is 3. The van der Waals surface area contributed by atoms with Crippen molar-refractivity contribution in [1.82, 2.24) is 9.88 Å². The zero-order valence-corrected chi connectivity index (χ0v) is 28.2. The molecule has 0 radical (unpaired) electrons. The van der Waals surface area contributed by atoms with Crippen molar-refractivity contribution in [3.05, 3.63) is 83.5 Å². The number of hydrogen-bond donors (Lipinski definition) is 3. The van der Waals surface area contributed by atoms with E-state index < -0.39 is 5.91 Å². The maximum absolute atomic E-state index is 13.0. The van der Waals surface area contributed by atoms with Crippen LogP contribution in [0, 0.1) is 19.8 Å². The standard InChI is InChI=1S/C28H35N5O2.C8H15NO/c1-8-25(23(14-29)28(35)33-26-13-21(30-7)15-31-19(26)6)32-16-24(17(3)4)20-10-11-22(18(5)12-20)27(34)9-2;1-8(2)4-3-5-9(8)6-7-10/h8,10-17,30H,1,9,29H2,2-7H3,(H,33,35);7H,3-6H2,1-2H3/b23-14+,24-16+,32-25+;. The van der Waals surface area contributed by atoms with Gasteiger partial charge in [0.15, 0.2) is 5.78 Å². The first-order valence-corrected chi connectivity index (χ1v) is 15.4. The molecule has 0 aliphatic carbocycles. The van der Waals surface area contributed by atoms with Crippen molar-refractivity contribution in [1.29, 1.82) is 0 Å². The number of aldehydes is 1. The lowest BCUT2D eigenvalue weighted by Crippen LogP contribution is -2.39. The number of aliphatic imine (C=N–C) groups is 1. The molecule has 4 N–H and O–H groups in total. The summed E-state index contributed by atoms with van der Waals surface area (Å²) in [5, 5.41) is 5.85. The van der Waals surface area contributed by atoms with E-state index >= 15 is 0 Å². The van der Waals surface area contributed by atoms with E-state index in [1.807, 2.05) is 39.0 Å². The molecule has 0 saturated carbocycles. The zero-order valence-electron chi connectivity index (χ0n) is 28.2. The molecule has 0 bridgehead atoms. The summed E-state index contributed by atoms with van der Waals surface area (Å²) in [5.74, 6) is -0.151. The number of Topliss-reactive ketones (excluding diaryl/α,β-unsaturated/α-hetero) is 1. The number of ketones is 1. The molecule has 1 saturated heterocycles. The van der Waals surface area contributed by atoms with Gasteiger partial charge in [-0.05, 0) is 81.8 Å². The normalized spacial score (nSPS) is 15.3. The summed E-state index contributed by atoms with van der Waals surface area (Å²) in [5.41, 5.74) is 12.2. The average Bonchev–Trinajstić information content (AvgIpc) is 3.34. The van der Waals surface area contributed by atoms with Crippen LogP contribution in [0.4, 0.5) is 11.4 Å². The van der Waals surface area contributed by atoms with Crippen molar-refractivity contribution < 1.29 is 14.4 Å². The average molecular weight is 615 g/mol. The van der Waals surface area contributed by atoms with Gasteiger partial charge in [-0.2, -0.15) is 0 Å². The van der Waals surface area contributed by atoms with Gasteiger partial charge in [-0.15, -0.1) is 0 Å². The van der Waals surface area contributed by atoms with Crippen molar-refractivity contribution in [2.45, 2.75) is 73.3 Å². The van der Waals surface area contributed by atoms with Crippen LogP contribution in [0.5, 0.6) is 0 Å². The second-order valence-corrected chi connectivity index (χ2v) is 11.9. The van der Waals surface area contributed by atoms with Crippen LogP contribution >= 0.6 is 0 Å². The van der Waals surface area contributed by atoms with Crippen LogP contribution in [0.25, 0.3) is 5.57 Å². The topological polar surface area (TPSA) is 130 Å². The third-order valence-corrected chi connectivity index (χ3v) is 8.02. The summed E-state index contributed by atoms with van der Waals surface area (Å²) in [7, 11) is 1.78. The van der Waals surface area contributed by atoms with E-state index in [1.54, 1.807) is 25.5 Å². The van der Waals surface area contributed by atoms with Gasteiger partial charge < -0.3 is 21.2 Å². The minimum atomic E-state index is -0.415. The number of likely N-dealkylation sites (tertiary alicyclic amines) is 1. The van der Waals surface area contributed by atoms with E-state index in [2.05, 4.69) is 59.8 Å². The smallest absolute Gasteiger partial charge is 0.259 e. The monoisotopic (exact) mass is 614 g/mol. The summed E-state index contributed by atoms with van der Waals surface area (Å²) in [4.78, 5) is 46.5. The highest BCUT2D eigenvalue weighted by molar-refractivity contribution is 6.29. The SMILES string of the molecule is C=CC(=N\C=C(\c1ccc(C(=O)CC)c(C)c1)C(C)C)/C(=C\N)C(=O)Nc1cc(NC)cnc1C.CC1(C)CCCN1CC=O. The molecule has 1 aromatic carbocycles. The number of amides is 1. The first kappa shape index (κ1) is 36.8. The number of aryl methyl sites for hydroxylation is 2. The molecule has 0 spiro atoms. The molecule has 1 aliphatic heterocycles. The quantitative estimate of drug-likeness (QED) is 0.108. The third-order valence-electron chi connectivity index (χ3n) is 8.02. The second kappa shape index (κ2) is 17.2. The fourth-order valence-electron chi connectivity index (χ4n) is 5.13. The fourth-order valence-corrected chi connectivity index (χ4v) is 5.13. The van der Waals surface area contributed by atoms with E-state index in [0.717, 1.165) is 40.8 Å². The van der Waals surface area contributed by atoms with E-state index in [4.69, 9.17) is 5.73 Å². The van der Waals surface area contributed by atoms with Crippen LogP contribution in [0.3, 0.4) is 0 Å². The highest BCUT2D eigenvalue weighted by Gasteiger charge is 2.30. The van der Waals surface area contributed by atoms with Crippen LogP contribution in [0.1, 0.15) is 81.1 Å². The predicted octanol–water partition coefficient (Wildman–Crippen LogP) is 6.50. The van der Waals surface area contributed by atoms with Gasteiger partial charge in [0.1, 0.15) is 6.29 Å². The van der Waals surface area contributed by atoms with Gasteiger partial charge in [-0.3, -0.25) is 24.5 Å². The van der Waals surface area contributed by atoms with Gasteiger partial charge in [0.2, 0.25) is 0 Å². The Balaban J connectivity index is 0.000000596. The first-order chi connectivity index (χ1) is 21.3. The summed E-state index contributed by atoms with van der Waals surface area (Å²) in [6, 6.07) is 7.58. The van der Waals surface area contributed by atoms with Crippen molar-refractivity contribution in [2.75, 3.05) is 30.8 Å². The Labute approximate surface area is 268 Å². The van der Waals surface area contributed by atoms with Crippen molar-refractivity contribution in [2.24, 2.45) is 16.6 Å². The number of pyridine rings is 1. The van der Waals surface area contributed by atoms with Gasteiger partial charge in [0.25, 0.3) is 5.91 Å². The Bertz CT molecular complexity index is 1470. The lowest BCUT2D eigenvalue weighted by Gasteiger charge is -2.29. The number of carbonyl (C=O) groups excluding carboxylic acids is 3. The molecule has 1 aromatic heterocycles. The molecular weight excluding hydrogens is 564 g/mol. The van der Waals surface area contributed by atoms with Gasteiger partial charge in [-0.25, -0.2) is 0 Å². The van der Waals surface area contributed by atoms with Crippen LogP contribution in [-0.4, -0.2) is 59.2 Å². The third kappa shape index (κ3) is 10.1. The number of nitrogens with two attached hydrogens (primary N) is 1. The minimum Gasteiger partial charge on any atom is -0.404 e. The largest absolute Gasteiger partial charge is 0.404 e. The highest BCUT2D eigenvalue weighted by atomic mass is 16.2. The molecule has 1 aliphatic rings. The lowest BCUT2D eigenvalue weighted by molar-refractivity contribution is -0.112. The van der Waals surface area contributed by atoms with E-state index in [1.165, 1.54) is 25.1 Å². The van der Waals surface area contributed by atoms with Crippen molar-refractivity contribution >= 4 is 40.6 Å². The molecule has 0 atom stereocenters. The van der Waals surface area contributed by atoms with Gasteiger partial charge in [0, 0.05) is 37.0 Å². The van der Waals surface area contributed by atoms with E-state index in [9.17, 15) is 14.4 Å². The van der Waals surface area contributed by atoms with Gasteiger partial charge in [0.05, 0.1) is 41.1 Å². The number of aromatic nitrogens is 1. The number of allylic oxidation sites excluding steroid dienone is 2. The maximum Gasteiger partial charge on any atom is 0.259 e. The summed E-state index contributed by atoms with van der Waals surface area (Å²) in [6.45, 7) is 19.6. The van der Waals surface area contributed by atoms with Crippen molar-refractivity contribution in [3.63, 3.8) is 0 Å². The fraction of sp³-hybridized carbons (Fsp3) is 0.417. The highest BCUT2D eigenvalue weighted by Crippen LogP contribution is 2.28. The summed E-state index contributed by atoms with van der Waals surface area (Å²) >= 11 is 0. The Morgan fingerprint density at radius 1 is 1.22 bits per heavy atom. The molecule has 3 rings (SSSR count). The lowest BCUT2D eigenvalue weighted by atomic mass is 9.92. The number of benzene rings is 1.